The first kappa shape index (κ1) is 22.5. The van der Waals surface area contributed by atoms with Crippen LogP contribution in [0, 0.1) is 0 Å². The van der Waals surface area contributed by atoms with Crippen molar-refractivity contribution in [2.45, 2.75) is 32.5 Å². The summed E-state index contributed by atoms with van der Waals surface area (Å²) < 4.78 is 7.89. The molecule has 1 aliphatic rings. The average molecular weight is 439 g/mol. The summed E-state index contributed by atoms with van der Waals surface area (Å²) in [6.45, 7) is 6.15. The van der Waals surface area contributed by atoms with Gasteiger partial charge < -0.3 is 19.6 Å². The molecule has 0 aliphatic carbocycles. The zero-order valence-corrected chi connectivity index (χ0v) is 19.5. The van der Waals surface area contributed by atoms with Gasteiger partial charge in [-0.2, -0.15) is 0 Å². The monoisotopic (exact) mass is 438 g/mol. The third-order valence-electron chi connectivity index (χ3n) is 6.17. The highest BCUT2D eigenvalue weighted by molar-refractivity contribution is 5.55. The van der Waals surface area contributed by atoms with Gasteiger partial charge in [-0.15, -0.1) is 0 Å². The maximum Gasteiger partial charge on any atom is 0.142 e. The molecule has 1 atom stereocenters. The number of pyridine rings is 2. The Balaban J connectivity index is 1.66. The van der Waals surface area contributed by atoms with Crippen LogP contribution in [-0.2, 0) is 13.2 Å². The molecule has 8 heteroatoms. The van der Waals surface area contributed by atoms with Crippen LogP contribution in [0.1, 0.15) is 36.5 Å². The van der Waals surface area contributed by atoms with E-state index in [4.69, 9.17) is 9.72 Å². The molecule has 3 aromatic rings. The number of aromatic nitrogens is 3. The van der Waals surface area contributed by atoms with Gasteiger partial charge >= 0.3 is 0 Å². The third-order valence-corrected chi connectivity index (χ3v) is 6.17. The van der Waals surface area contributed by atoms with Gasteiger partial charge in [0.05, 0.1) is 36.3 Å². The standard InChI is InChI=1S/C24H34N6O2/c1-5-29(14-13-27(2)3)23-10-6-9-22-26-18(20(17-31)30(22)23)16-28(4)19-11-15-32-21-8-7-12-25-24(19)21/h6-10,12,19,31H,5,11,13-17H2,1-4H3. The van der Waals surface area contributed by atoms with Crippen LogP contribution in [0.5, 0.6) is 5.75 Å². The molecule has 1 unspecified atom stereocenters. The summed E-state index contributed by atoms with van der Waals surface area (Å²) in [5.41, 5.74) is 3.58. The number of hydrogen-bond acceptors (Lipinski definition) is 7. The molecule has 0 saturated carbocycles. The fraction of sp³-hybridized carbons (Fsp3) is 0.500. The van der Waals surface area contributed by atoms with Gasteiger partial charge in [0, 0.05) is 38.8 Å². The molecule has 0 radical (unpaired) electrons. The topological polar surface area (TPSA) is 69.4 Å². The van der Waals surface area contributed by atoms with Gasteiger partial charge in [0.2, 0.25) is 0 Å². The van der Waals surface area contributed by atoms with Crippen LogP contribution in [0.2, 0.25) is 0 Å². The molecule has 0 spiro atoms. The van der Waals surface area contributed by atoms with Crippen molar-refractivity contribution in [2.24, 2.45) is 0 Å². The van der Waals surface area contributed by atoms with Gasteiger partial charge in [-0.25, -0.2) is 4.98 Å². The fourth-order valence-corrected chi connectivity index (χ4v) is 4.44. The Bertz CT molecular complexity index is 1050. The number of likely N-dealkylation sites (N-methyl/N-ethyl adjacent to an activating group) is 2. The summed E-state index contributed by atoms with van der Waals surface area (Å²) in [4.78, 5) is 16.3. The Morgan fingerprint density at radius 2 is 2.00 bits per heavy atom. The predicted octanol–water partition coefficient (Wildman–Crippen LogP) is 2.57. The SMILES string of the molecule is CCN(CCN(C)C)c1cccc2nc(CN(C)C3CCOc4cccnc43)c(CO)n12. The molecule has 0 aromatic carbocycles. The van der Waals surface area contributed by atoms with Crippen molar-refractivity contribution in [3.63, 3.8) is 0 Å². The van der Waals surface area contributed by atoms with Crippen LogP contribution in [-0.4, -0.2) is 76.7 Å². The van der Waals surface area contributed by atoms with E-state index in [2.05, 4.69) is 58.2 Å². The summed E-state index contributed by atoms with van der Waals surface area (Å²) >= 11 is 0. The number of nitrogens with zero attached hydrogens (tertiary/aromatic N) is 6. The summed E-state index contributed by atoms with van der Waals surface area (Å²) in [6, 6.07) is 10.2. The molecule has 1 aliphatic heterocycles. The third kappa shape index (κ3) is 4.44. The minimum Gasteiger partial charge on any atom is -0.492 e. The Morgan fingerprint density at radius 3 is 2.75 bits per heavy atom. The van der Waals surface area contributed by atoms with E-state index in [1.807, 2.05) is 30.5 Å². The Hall–Kier alpha value is -2.68. The summed E-state index contributed by atoms with van der Waals surface area (Å²) in [7, 11) is 6.26. The number of aliphatic hydroxyl groups is 1. The normalized spacial score (nSPS) is 15.9. The number of rotatable bonds is 9. The lowest BCUT2D eigenvalue weighted by molar-refractivity contribution is 0.154. The first-order valence-electron chi connectivity index (χ1n) is 11.3. The molecule has 0 bridgehead atoms. The molecule has 4 rings (SSSR count). The molecule has 4 heterocycles. The van der Waals surface area contributed by atoms with Crippen molar-refractivity contribution >= 4 is 11.5 Å². The van der Waals surface area contributed by atoms with Crippen LogP contribution in [0.4, 0.5) is 5.82 Å². The first-order valence-corrected chi connectivity index (χ1v) is 11.3. The first-order chi connectivity index (χ1) is 15.5. The number of anilines is 1. The number of fused-ring (bicyclic) bond motifs is 2. The summed E-state index contributed by atoms with van der Waals surface area (Å²) in [5.74, 6) is 1.92. The van der Waals surface area contributed by atoms with Crippen molar-refractivity contribution in [2.75, 3.05) is 52.3 Å². The van der Waals surface area contributed by atoms with Crippen molar-refractivity contribution < 1.29 is 9.84 Å². The molecule has 0 saturated heterocycles. The zero-order valence-electron chi connectivity index (χ0n) is 19.5. The van der Waals surface area contributed by atoms with E-state index in [-0.39, 0.29) is 12.6 Å². The summed E-state index contributed by atoms with van der Waals surface area (Å²) in [5, 5.41) is 10.3. The fourth-order valence-electron chi connectivity index (χ4n) is 4.44. The molecule has 32 heavy (non-hydrogen) atoms. The van der Waals surface area contributed by atoms with E-state index in [9.17, 15) is 5.11 Å². The van der Waals surface area contributed by atoms with Gasteiger partial charge in [-0.3, -0.25) is 14.3 Å². The number of imidazole rings is 1. The second kappa shape index (κ2) is 9.85. The van der Waals surface area contributed by atoms with Crippen LogP contribution < -0.4 is 9.64 Å². The van der Waals surface area contributed by atoms with Crippen LogP contribution in [0.15, 0.2) is 36.5 Å². The van der Waals surface area contributed by atoms with Crippen molar-refractivity contribution in [3.05, 3.63) is 53.6 Å². The minimum absolute atomic E-state index is 0.0603. The molecule has 0 amide bonds. The highest BCUT2D eigenvalue weighted by Gasteiger charge is 2.28. The lowest BCUT2D eigenvalue weighted by atomic mass is 10.0. The van der Waals surface area contributed by atoms with E-state index in [1.165, 1.54) is 0 Å². The van der Waals surface area contributed by atoms with E-state index in [0.717, 1.165) is 60.4 Å². The van der Waals surface area contributed by atoms with Crippen LogP contribution in [0.25, 0.3) is 5.65 Å². The van der Waals surface area contributed by atoms with E-state index in [0.29, 0.717) is 13.2 Å². The van der Waals surface area contributed by atoms with Gasteiger partial charge in [0.15, 0.2) is 0 Å². The van der Waals surface area contributed by atoms with Gasteiger partial charge in [-0.05, 0) is 52.3 Å². The largest absolute Gasteiger partial charge is 0.492 e. The smallest absolute Gasteiger partial charge is 0.142 e. The minimum atomic E-state index is -0.0603. The molecule has 0 fully saturated rings. The van der Waals surface area contributed by atoms with Crippen molar-refractivity contribution in [1.82, 2.24) is 24.2 Å². The van der Waals surface area contributed by atoms with Gasteiger partial charge in [0.1, 0.15) is 17.2 Å². The van der Waals surface area contributed by atoms with Crippen LogP contribution >= 0.6 is 0 Å². The average Bonchev–Trinajstić information content (AvgIpc) is 3.16. The molecular formula is C24H34N6O2. The van der Waals surface area contributed by atoms with Crippen molar-refractivity contribution in [3.8, 4) is 5.75 Å². The highest BCUT2D eigenvalue weighted by Crippen LogP contribution is 2.34. The lowest BCUT2D eigenvalue weighted by Crippen LogP contribution is -2.33. The second-order valence-corrected chi connectivity index (χ2v) is 8.58. The molecule has 3 aromatic heterocycles. The van der Waals surface area contributed by atoms with E-state index >= 15 is 0 Å². The van der Waals surface area contributed by atoms with Gasteiger partial charge in [-0.1, -0.05) is 6.07 Å². The number of hydrogen-bond donors (Lipinski definition) is 1. The zero-order chi connectivity index (χ0) is 22.7. The second-order valence-electron chi connectivity index (χ2n) is 8.58. The molecular weight excluding hydrogens is 404 g/mol. The molecule has 8 nitrogen and oxygen atoms in total. The maximum absolute atomic E-state index is 10.3. The van der Waals surface area contributed by atoms with Gasteiger partial charge in [0.25, 0.3) is 0 Å². The quantitative estimate of drug-likeness (QED) is 0.551. The summed E-state index contributed by atoms with van der Waals surface area (Å²) in [6.07, 6.45) is 2.69. The molecule has 1 N–H and O–H groups in total. The Labute approximate surface area is 190 Å². The molecule has 172 valence electrons. The number of ether oxygens (including phenoxy) is 1. The predicted molar refractivity (Wildman–Crippen MR) is 126 cm³/mol. The van der Waals surface area contributed by atoms with Crippen molar-refractivity contribution in [1.29, 1.82) is 0 Å². The Morgan fingerprint density at radius 1 is 1.16 bits per heavy atom. The maximum atomic E-state index is 10.3. The highest BCUT2D eigenvalue weighted by atomic mass is 16.5. The van der Waals surface area contributed by atoms with E-state index < -0.39 is 0 Å². The van der Waals surface area contributed by atoms with E-state index in [1.54, 1.807) is 0 Å². The number of aliphatic hydroxyl groups excluding tert-OH is 1. The lowest BCUT2D eigenvalue weighted by Gasteiger charge is -2.31. The van der Waals surface area contributed by atoms with Crippen LogP contribution in [0.3, 0.4) is 0 Å². The Kier molecular flexibility index (Phi) is 6.93.